The van der Waals surface area contributed by atoms with Crippen LogP contribution in [0, 0.1) is 6.92 Å². The highest BCUT2D eigenvalue weighted by Crippen LogP contribution is 2.14. The summed E-state index contributed by atoms with van der Waals surface area (Å²) in [6.07, 6.45) is 0.531. The number of carbonyl (C=O) groups excluding carboxylic acids is 3. The summed E-state index contributed by atoms with van der Waals surface area (Å²) in [7, 11) is 2.96. The van der Waals surface area contributed by atoms with Crippen molar-refractivity contribution in [1.82, 2.24) is 4.90 Å². The quantitative estimate of drug-likeness (QED) is 0.683. The van der Waals surface area contributed by atoms with Crippen LogP contribution in [-0.4, -0.2) is 56.0 Å². The number of esters is 1. The topological polar surface area (TPSA) is 80.2 Å². The Bertz CT molecular complexity index is 926. The summed E-state index contributed by atoms with van der Waals surface area (Å²) in [6.45, 7) is 2.59. The van der Waals surface area contributed by atoms with Gasteiger partial charge in [0.05, 0.1) is 13.7 Å². The average molecular weight is 410 g/mol. The van der Waals surface area contributed by atoms with Crippen molar-refractivity contribution in [2.24, 2.45) is 0 Å². The lowest BCUT2D eigenvalue weighted by Gasteiger charge is -2.32. The van der Waals surface area contributed by atoms with Gasteiger partial charge in [-0.2, -0.15) is 0 Å². The first-order valence-electron chi connectivity index (χ1n) is 9.97. The molecular weight excluding hydrogens is 382 g/mol. The monoisotopic (exact) mass is 410 g/mol. The van der Waals surface area contributed by atoms with Crippen LogP contribution in [0.1, 0.15) is 16.7 Å². The second kappa shape index (κ2) is 9.54. The summed E-state index contributed by atoms with van der Waals surface area (Å²) in [5.74, 6) is -0.789. The normalized spacial score (nSPS) is 17.6. The number of nitrogens with one attached hydrogen (secondary N) is 2. The van der Waals surface area contributed by atoms with Gasteiger partial charge in [-0.15, -0.1) is 0 Å². The molecule has 30 heavy (non-hydrogen) atoms. The van der Waals surface area contributed by atoms with Crippen molar-refractivity contribution in [3.05, 3.63) is 65.2 Å². The minimum Gasteiger partial charge on any atom is -0.465 e. The highest BCUT2D eigenvalue weighted by atomic mass is 16.5. The van der Waals surface area contributed by atoms with Gasteiger partial charge in [0.15, 0.2) is 12.6 Å². The van der Waals surface area contributed by atoms with E-state index in [1.54, 1.807) is 7.05 Å². The zero-order valence-electron chi connectivity index (χ0n) is 17.6. The Balaban J connectivity index is 1.62. The van der Waals surface area contributed by atoms with Gasteiger partial charge in [-0.25, -0.2) is 4.79 Å². The van der Waals surface area contributed by atoms with Crippen LogP contribution < -0.4 is 10.2 Å². The van der Waals surface area contributed by atoms with Gasteiger partial charge in [-0.05, 0) is 24.6 Å². The molecular formula is C23H28N3O4+. The van der Waals surface area contributed by atoms with Gasteiger partial charge in [0.2, 0.25) is 5.91 Å². The molecule has 0 spiro atoms. The van der Waals surface area contributed by atoms with Crippen LogP contribution in [0.5, 0.6) is 0 Å². The van der Waals surface area contributed by atoms with E-state index in [1.807, 2.05) is 55.5 Å². The fourth-order valence-electron chi connectivity index (χ4n) is 3.71. The highest BCUT2D eigenvalue weighted by Gasteiger charge is 2.37. The lowest BCUT2D eigenvalue weighted by atomic mass is 9.94. The van der Waals surface area contributed by atoms with E-state index in [0.29, 0.717) is 18.7 Å². The van der Waals surface area contributed by atoms with Crippen LogP contribution in [-0.2, 0) is 32.1 Å². The van der Waals surface area contributed by atoms with Crippen molar-refractivity contribution in [3.63, 3.8) is 0 Å². The smallest absolute Gasteiger partial charge is 0.365 e. The minimum absolute atomic E-state index is 0.0561. The Morgan fingerprint density at radius 2 is 1.77 bits per heavy atom. The third-order valence-electron chi connectivity index (χ3n) is 5.46. The fraction of sp³-hybridized carbons (Fsp3) is 0.348. The number of methoxy groups -OCH3 is 1. The van der Waals surface area contributed by atoms with Gasteiger partial charge in [0, 0.05) is 24.7 Å². The Morgan fingerprint density at radius 3 is 2.43 bits per heavy atom. The second-order valence-corrected chi connectivity index (χ2v) is 7.72. The largest absolute Gasteiger partial charge is 0.465 e. The number of aryl methyl sites for hydroxylation is 1. The molecule has 1 aliphatic heterocycles. The first kappa shape index (κ1) is 21.5. The molecule has 0 aromatic heterocycles. The summed E-state index contributed by atoms with van der Waals surface area (Å²) in [4.78, 5) is 39.6. The summed E-state index contributed by atoms with van der Waals surface area (Å²) < 4.78 is 4.97. The maximum atomic E-state index is 12.8. The third-order valence-corrected chi connectivity index (χ3v) is 5.46. The lowest BCUT2D eigenvalue weighted by Crippen LogP contribution is -3.17. The molecule has 158 valence electrons. The predicted octanol–water partition coefficient (Wildman–Crippen LogP) is 0.575. The molecule has 7 nitrogen and oxygen atoms in total. The first-order valence-corrected chi connectivity index (χ1v) is 9.97. The molecule has 2 aromatic carbocycles. The van der Waals surface area contributed by atoms with Crippen molar-refractivity contribution in [3.8, 4) is 0 Å². The number of likely N-dealkylation sites (N-methyl/N-ethyl adjacent to an activating group) is 1. The molecule has 7 heteroatoms. The molecule has 0 aliphatic carbocycles. The standard InChI is InChI=1S/C23H27N3O4/c1-16-8-10-19(11-9-16)24-21(27)14-25(2)22(28)15-26-13-18-7-5-4-6-17(18)12-20(26)23(29)30-3/h4-11,20H,12-15H2,1-3H3,(H,24,27)/p+1/t20-/m1/s1. The second-order valence-electron chi connectivity index (χ2n) is 7.72. The number of anilines is 1. The molecule has 1 unspecified atom stereocenters. The van der Waals surface area contributed by atoms with E-state index in [0.717, 1.165) is 21.6 Å². The van der Waals surface area contributed by atoms with E-state index in [-0.39, 0.29) is 30.9 Å². The van der Waals surface area contributed by atoms with Crippen LogP contribution in [0.15, 0.2) is 48.5 Å². The molecule has 2 atom stereocenters. The number of nitrogens with zero attached hydrogens (tertiary/aromatic N) is 1. The van der Waals surface area contributed by atoms with Crippen molar-refractivity contribution >= 4 is 23.5 Å². The van der Waals surface area contributed by atoms with Crippen LogP contribution in [0.4, 0.5) is 5.69 Å². The number of rotatable bonds is 6. The average Bonchev–Trinajstić information content (AvgIpc) is 2.74. The van der Waals surface area contributed by atoms with E-state index >= 15 is 0 Å². The number of benzene rings is 2. The molecule has 0 radical (unpaired) electrons. The molecule has 1 heterocycles. The number of hydrogen-bond acceptors (Lipinski definition) is 4. The molecule has 0 bridgehead atoms. The number of quaternary nitrogens is 1. The molecule has 2 amide bonds. The highest BCUT2D eigenvalue weighted by molar-refractivity contribution is 5.94. The molecule has 0 fully saturated rings. The van der Waals surface area contributed by atoms with E-state index in [2.05, 4.69) is 5.32 Å². The summed E-state index contributed by atoms with van der Waals surface area (Å²) >= 11 is 0. The summed E-state index contributed by atoms with van der Waals surface area (Å²) in [5, 5.41) is 2.79. The molecule has 2 aromatic rings. The van der Waals surface area contributed by atoms with Crippen molar-refractivity contribution in [1.29, 1.82) is 0 Å². The number of amides is 2. The zero-order chi connectivity index (χ0) is 21.7. The van der Waals surface area contributed by atoms with Crippen molar-refractivity contribution < 1.29 is 24.0 Å². The Kier molecular flexibility index (Phi) is 6.84. The zero-order valence-corrected chi connectivity index (χ0v) is 17.6. The first-order chi connectivity index (χ1) is 14.4. The van der Waals surface area contributed by atoms with E-state index in [4.69, 9.17) is 4.74 Å². The van der Waals surface area contributed by atoms with Gasteiger partial charge in [0.25, 0.3) is 5.91 Å². The summed E-state index contributed by atoms with van der Waals surface area (Å²) in [6, 6.07) is 15.0. The van der Waals surface area contributed by atoms with Crippen LogP contribution >= 0.6 is 0 Å². The van der Waals surface area contributed by atoms with Gasteiger partial charge in [-0.1, -0.05) is 42.0 Å². The number of carbonyl (C=O) groups is 3. The predicted molar refractivity (Wildman–Crippen MR) is 113 cm³/mol. The lowest BCUT2D eigenvalue weighted by molar-refractivity contribution is -0.925. The van der Waals surface area contributed by atoms with Gasteiger partial charge in [-0.3, -0.25) is 9.59 Å². The molecule has 0 saturated heterocycles. The molecule has 2 N–H and O–H groups in total. The van der Waals surface area contributed by atoms with E-state index in [9.17, 15) is 14.4 Å². The fourth-order valence-corrected chi connectivity index (χ4v) is 3.71. The Morgan fingerprint density at radius 1 is 1.10 bits per heavy atom. The molecule has 3 rings (SSSR count). The number of hydrogen-bond donors (Lipinski definition) is 2. The van der Waals surface area contributed by atoms with Crippen molar-refractivity contribution in [2.75, 3.05) is 32.6 Å². The summed E-state index contributed by atoms with van der Waals surface area (Å²) in [5.41, 5.74) is 4.03. The van der Waals surface area contributed by atoms with Crippen LogP contribution in [0.3, 0.4) is 0 Å². The van der Waals surface area contributed by atoms with Crippen LogP contribution in [0.2, 0.25) is 0 Å². The van der Waals surface area contributed by atoms with E-state index < -0.39 is 6.04 Å². The van der Waals surface area contributed by atoms with Gasteiger partial charge in [0.1, 0.15) is 6.54 Å². The molecule has 1 aliphatic rings. The van der Waals surface area contributed by atoms with Crippen molar-refractivity contribution in [2.45, 2.75) is 25.9 Å². The number of ether oxygens (including phenoxy) is 1. The Hall–Kier alpha value is -3.19. The maximum Gasteiger partial charge on any atom is 0.365 e. The van der Waals surface area contributed by atoms with Gasteiger partial charge < -0.3 is 19.9 Å². The minimum atomic E-state index is -0.441. The Labute approximate surface area is 176 Å². The number of fused-ring (bicyclic) bond motifs is 1. The van der Waals surface area contributed by atoms with Gasteiger partial charge >= 0.3 is 5.97 Å². The molecule has 0 saturated carbocycles. The SMILES string of the molecule is COC(=O)[C@H]1Cc2ccccc2C[NH+]1CC(=O)N(C)CC(=O)Nc1ccc(C)cc1. The maximum absolute atomic E-state index is 12.8. The third kappa shape index (κ3) is 5.24. The van der Waals surface area contributed by atoms with Crippen LogP contribution in [0.25, 0.3) is 0 Å². The van der Waals surface area contributed by atoms with E-state index in [1.165, 1.54) is 12.0 Å².